The lowest BCUT2D eigenvalue weighted by atomic mass is 10.2. The fraction of sp³-hybridized carbons (Fsp3) is 0.591. The van der Waals surface area contributed by atoms with E-state index in [-0.39, 0.29) is 18.7 Å². The molecule has 0 saturated carbocycles. The highest BCUT2D eigenvalue weighted by atomic mass is 32.2. The van der Waals surface area contributed by atoms with Crippen LogP contribution in [0.3, 0.4) is 0 Å². The van der Waals surface area contributed by atoms with Crippen LogP contribution in [0, 0.1) is 0 Å². The smallest absolute Gasteiger partial charge is 0.322 e. The Hall–Kier alpha value is -1.66. The van der Waals surface area contributed by atoms with Gasteiger partial charge in [0.2, 0.25) is 0 Å². The SMILES string of the molecule is CCCCCC=CCC=CCC=CCC=CCCCC(=O)OS(=O)(=O)CCN. The monoisotopic (exact) mass is 411 g/mol. The molecule has 0 spiro atoms. The molecule has 0 aromatic carbocycles. The Morgan fingerprint density at radius 1 is 0.821 bits per heavy atom. The van der Waals surface area contributed by atoms with E-state index in [0.717, 1.165) is 19.3 Å². The van der Waals surface area contributed by atoms with Gasteiger partial charge in [-0.05, 0) is 44.9 Å². The molecule has 0 bridgehead atoms. The second-order valence-corrected chi connectivity index (χ2v) is 8.18. The number of hydrogen-bond acceptors (Lipinski definition) is 5. The van der Waals surface area contributed by atoms with Gasteiger partial charge in [0.15, 0.2) is 0 Å². The van der Waals surface area contributed by atoms with Crippen molar-refractivity contribution in [2.45, 2.75) is 71.1 Å². The fourth-order valence-electron chi connectivity index (χ4n) is 2.29. The van der Waals surface area contributed by atoms with Crippen LogP contribution < -0.4 is 5.73 Å². The number of hydrogen-bond donors (Lipinski definition) is 1. The number of unbranched alkanes of at least 4 members (excludes halogenated alkanes) is 4. The predicted octanol–water partition coefficient (Wildman–Crippen LogP) is 4.96. The molecule has 0 unspecified atom stereocenters. The molecule has 5 nitrogen and oxygen atoms in total. The third kappa shape index (κ3) is 19.1. The number of rotatable bonds is 17. The van der Waals surface area contributed by atoms with E-state index in [1.165, 1.54) is 25.7 Å². The molecule has 0 aliphatic heterocycles. The van der Waals surface area contributed by atoms with Crippen molar-refractivity contribution in [2.24, 2.45) is 5.73 Å². The first-order valence-electron chi connectivity index (χ1n) is 10.3. The quantitative estimate of drug-likeness (QED) is 0.208. The second-order valence-electron chi connectivity index (χ2n) is 6.49. The molecule has 0 fully saturated rings. The van der Waals surface area contributed by atoms with E-state index in [1.807, 2.05) is 12.2 Å². The van der Waals surface area contributed by atoms with Crippen LogP contribution >= 0.6 is 0 Å². The maximum Gasteiger partial charge on any atom is 0.322 e. The molecule has 0 saturated heterocycles. The second kappa shape index (κ2) is 18.7. The van der Waals surface area contributed by atoms with Crippen LogP contribution in [-0.2, 0) is 19.1 Å². The van der Waals surface area contributed by atoms with E-state index in [2.05, 4.69) is 47.6 Å². The molecule has 160 valence electrons. The molecule has 28 heavy (non-hydrogen) atoms. The Morgan fingerprint density at radius 2 is 1.32 bits per heavy atom. The van der Waals surface area contributed by atoms with Gasteiger partial charge in [-0.2, -0.15) is 8.42 Å². The molecular formula is C22H37NO4S. The Kier molecular flexibility index (Phi) is 17.6. The highest BCUT2D eigenvalue weighted by Crippen LogP contribution is 2.04. The van der Waals surface area contributed by atoms with Crippen molar-refractivity contribution in [3.63, 3.8) is 0 Å². The average Bonchev–Trinajstić information content (AvgIpc) is 2.63. The van der Waals surface area contributed by atoms with E-state index in [1.54, 1.807) is 0 Å². The Bertz CT molecular complexity index is 604. The lowest BCUT2D eigenvalue weighted by Crippen LogP contribution is -2.21. The molecule has 0 heterocycles. The molecule has 0 aromatic rings. The first kappa shape index (κ1) is 26.3. The molecule has 0 rings (SSSR count). The number of nitrogens with two attached hydrogens (primary N) is 1. The van der Waals surface area contributed by atoms with Crippen LogP contribution in [0.15, 0.2) is 48.6 Å². The van der Waals surface area contributed by atoms with E-state index in [9.17, 15) is 13.2 Å². The zero-order chi connectivity index (χ0) is 20.9. The van der Waals surface area contributed by atoms with Gasteiger partial charge in [0.1, 0.15) is 0 Å². The summed E-state index contributed by atoms with van der Waals surface area (Å²) >= 11 is 0. The van der Waals surface area contributed by atoms with Crippen molar-refractivity contribution in [1.82, 2.24) is 0 Å². The van der Waals surface area contributed by atoms with Crippen molar-refractivity contribution in [3.8, 4) is 0 Å². The summed E-state index contributed by atoms with van der Waals surface area (Å²) in [6.07, 6.45) is 26.3. The van der Waals surface area contributed by atoms with Gasteiger partial charge in [-0.15, -0.1) is 0 Å². The largest absolute Gasteiger partial charge is 0.346 e. The van der Waals surface area contributed by atoms with Gasteiger partial charge < -0.3 is 9.92 Å². The van der Waals surface area contributed by atoms with Crippen molar-refractivity contribution >= 4 is 16.1 Å². The maximum absolute atomic E-state index is 11.4. The molecule has 2 N–H and O–H groups in total. The predicted molar refractivity (Wildman–Crippen MR) is 117 cm³/mol. The summed E-state index contributed by atoms with van der Waals surface area (Å²) in [7, 11) is -3.81. The minimum Gasteiger partial charge on any atom is -0.346 e. The van der Waals surface area contributed by atoms with Crippen LogP contribution in [0.2, 0.25) is 0 Å². The van der Waals surface area contributed by atoms with E-state index in [4.69, 9.17) is 5.73 Å². The van der Waals surface area contributed by atoms with Crippen molar-refractivity contribution in [2.75, 3.05) is 12.3 Å². The zero-order valence-electron chi connectivity index (χ0n) is 17.2. The van der Waals surface area contributed by atoms with Gasteiger partial charge in [-0.25, -0.2) is 0 Å². The van der Waals surface area contributed by atoms with Gasteiger partial charge in [0.05, 0.1) is 5.75 Å². The van der Waals surface area contributed by atoms with E-state index >= 15 is 0 Å². The third-order valence-electron chi connectivity index (χ3n) is 3.80. The van der Waals surface area contributed by atoms with Gasteiger partial charge >= 0.3 is 16.1 Å². The van der Waals surface area contributed by atoms with Crippen molar-refractivity contribution in [1.29, 1.82) is 0 Å². The highest BCUT2D eigenvalue weighted by Gasteiger charge is 2.15. The van der Waals surface area contributed by atoms with Crippen LogP contribution in [0.1, 0.15) is 71.1 Å². The van der Waals surface area contributed by atoms with Crippen LogP contribution in [0.5, 0.6) is 0 Å². The molecule has 0 aliphatic rings. The highest BCUT2D eigenvalue weighted by molar-refractivity contribution is 7.87. The summed E-state index contributed by atoms with van der Waals surface area (Å²) in [6.45, 7) is 2.16. The number of allylic oxidation sites excluding steroid dienone is 8. The van der Waals surface area contributed by atoms with Gasteiger partial charge in [-0.3, -0.25) is 4.79 Å². The summed E-state index contributed by atoms with van der Waals surface area (Å²) in [5.74, 6) is -1.06. The molecule has 0 radical (unpaired) electrons. The van der Waals surface area contributed by atoms with Gasteiger partial charge in [0.25, 0.3) is 0 Å². The standard InChI is InChI=1S/C22H37NO4S/c1-2-3-4-5-6-7-8-9-10-11-12-13-14-15-16-17-18-19-22(24)27-28(25,26)21-20-23/h6-7,9-10,12-13,15-16H,2-5,8,11,14,17-21,23H2,1H3. The van der Waals surface area contributed by atoms with E-state index in [0.29, 0.717) is 12.8 Å². The van der Waals surface area contributed by atoms with Crippen LogP contribution in [0.4, 0.5) is 0 Å². The number of carbonyl (C=O) groups is 1. The van der Waals surface area contributed by atoms with Crippen molar-refractivity contribution in [3.05, 3.63) is 48.6 Å². The lowest BCUT2D eigenvalue weighted by Gasteiger charge is -2.03. The molecular weight excluding hydrogens is 374 g/mol. The minimum absolute atomic E-state index is 0.0577. The Morgan fingerprint density at radius 3 is 1.82 bits per heavy atom. The molecule has 0 aromatic heterocycles. The third-order valence-corrected chi connectivity index (χ3v) is 4.97. The molecule has 0 amide bonds. The summed E-state index contributed by atoms with van der Waals surface area (Å²) in [4.78, 5) is 11.4. The number of carbonyl (C=O) groups excluding carboxylic acids is 1. The average molecular weight is 412 g/mol. The molecule has 0 aliphatic carbocycles. The fourth-order valence-corrected chi connectivity index (χ4v) is 3.03. The van der Waals surface area contributed by atoms with Crippen LogP contribution in [0.25, 0.3) is 0 Å². The maximum atomic E-state index is 11.4. The van der Waals surface area contributed by atoms with Crippen molar-refractivity contribution < 1.29 is 17.4 Å². The summed E-state index contributed by atoms with van der Waals surface area (Å²) in [5.41, 5.74) is 5.14. The summed E-state index contributed by atoms with van der Waals surface area (Å²) in [6, 6.07) is 0. The Labute approximate surface area is 171 Å². The van der Waals surface area contributed by atoms with Gasteiger partial charge in [0, 0.05) is 13.0 Å². The first-order valence-corrected chi connectivity index (χ1v) is 11.8. The summed E-state index contributed by atoms with van der Waals surface area (Å²) in [5, 5.41) is 0. The molecule has 6 heteroatoms. The zero-order valence-corrected chi connectivity index (χ0v) is 18.0. The van der Waals surface area contributed by atoms with E-state index < -0.39 is 16.1 Å². The van der Waals surface area contributed by atoms with Crippen LogP contribution in [-0.4, -0.2) is 26.7 Å². The normalized spacial score (nSPS) is 12.8. The Balaban J connectivity index is 3.63. The first-order chi connectivity index (χ1) is 13.5. The minimum atomic E-state index is -3.81. The molecule has 0 atom stereocenters. The topological polar surface area (TPSA) is 86.5 Å². The summed E-state index contributed by atoms with van der Waals surface area (Å²) < 4.78 is 27.0. The lowest BCUT2D eigenvalue weighted by molar-refractivity contribution is -0.133. The van der Waals surface area contributed by atoms with Gasteiger partial charge in [-0.1, -0.05) is 68.4 Å².